The van der Waals surface area contributed by atoms with E-state index in [1.165, 1.54) is 18.4 Å². The molecule has 3 aliphatic rings. The summed E-state index contributed by atoms with van der Waals surface area (Å²) < 4.78 is 0. The molecule has 2 saturated carbocycles. The fourth-order valence-corrected chi connectivity index (χ4v) is 4.61. The largest absolute Gasteiger partial charge is 0.340 e. The van der Waals surface area contributed by atoms with Gasteiger partial charge in [0, 0.05) is 37.8 Å². The Morgan fingerprint density at radius 3 is 2.19 bits per heavy atom. The van der Waals surface area contributed by atoms with Crippen LogP contribution in [0.5, 0.6) is 0 Å². The summed E-state index contributed by atoms with van der Waals surface area (Å²) in [7, 11) is 0. The quantitative estimate of drug-likeness (QED) is 0.868. The number of nitrogens with zero attached hydrogens (tertiary/aromatic N) is 2. The molecule has 27 heavy (non-hydrogen) atoms. The van der Waals surface area contributed by atoms with Gasteiger partial charge in [0.1, 0.15) is 0 Å². The number of hydrogen-bond acceptors (Lipinski definition) is 3. The lowest BCUT2D eigenvalue weighted by Gasteiger charge is -2.40. The van der Waals surface area contributed by atoms with Crippen LogP contribution in [0.4, 0.5) is 5.69 Å². The third-order valence-corrected chi connectivity index (χ3v) is 6.38. The third kappa shape index (κ3) is 4.34. The summed E-state index contributed by atoms with van der Waals surface area (Å²) in [6.45, 7) is 5.18. The van der Waals surface area contributed by atoms with Gasteiger partial charge in [0.25, 0.3) is 0 Å². The van der Waals surface area contributed by atoms with Gasteiger partial charge in [-0.05, 0) is 50.7 Å². The second-order valence-electron chi connectivity index (χ2n) is 8.48. The summed E-state index contributed by atoms with van der Waals surface area (Å²) in [5, 5.41) is 3.14. The number of amides is 2. The molecule has 5 nitrogen and oxygen atoms in total. The van der Waals surface area contributed by atoms with Crippen molar-refractivity contribution in [1.29, 1.82) is 0 Å². The maximum atomic E-state index is 13.2. The Balaban J connectivity index is 1.42. The standard InChI is InChI=1S/C22H31N3O2/c1-16-6-10-19(11-7-16)23-21(26)20(17-4-2-3-5-17)24-12-14-25(15-13-24)22(27)18-8-9-18/h6-7,10-11,17-18,20H,2-5,8-9,12-15H2,1H3,(H,23,26). The SMILES string of the molecule is Cc1ccc(NC(=O)C(C2CCCC2)N2CCN(C(=O)C3CC3)CC2)cc1. The van der Waals surface area contributed by atoms with Crippen LogP contribution in [0.3, 0.4) is 0 Å². The van der Waals surface area contributed by atoms with E-state index in [1.54, 1.807) is 0 Å². The number of carbonyl (C=O) groups is 2. The van der Waals surface area contributed by atoms with Crippen LogP contribution < -0.4 is 5.32 Å². The first-order valence-corrected chi connectivity index (χ1v) is 10.5. The zero-order valence-electron chi connectivity index (χ0n) is 16.3. The average Bonchev–Trinajstić information content (AvgIpc) is 3.40. The lowest BCUT2D eigenvalue weighted by molar-refractivity contribution is -0.135. The minimum atomic E-state index is -0.0769. The molecule has 0 spiro atoms. The molecule has 1 atom stereocenters. The van der Waals surface area contributed by atoms with E-state index in [2.05, 4.69) is 17.1 Å². The Morgan fingerprint density at radius 2 is 1.59 bits per heavy atom. The lowest BCUT2D eigenvalue weighted by atomic mass is 9.94. The molecule has 3 fully saturated rings. The van der Waals surface area contributed by atoms with Gasteiger partial charge >= 0.3 is 0 Å². The Bertz CT molecular complexity index is 669. The number of piperazine rings is 1. The van der Waals surface area contributed by atoms with Crippen LogP contribution in [0.2, 0.25) is 0 Å². The van der Waals surface area contributed by atoms with Gasteiger partial charge in [0.15, 0.2) is 0 Å². The first-order valence-electron chi connectivity index (χ1n) is 10.5. The van der Waals surface area contributed by atoms with Crippen molar-refractivity contribution >= 4 is 17.5 Å². The molecule has 2 aliphatic carbocycles. The maximum absolute atomic E-state index is 13.2. The number of benzene rings is 1. The average molecular weight is 370 g/mol. The highest BCUT2D eigenvalue weighted by Crippen LogP contribution is 2.33. The van der Waals surface area contributed by atoms with E-state index < -0.39 is 0 Å². The van der Waals surface area contributed by atoms with Gasteiger partial charge in [-0.1, -0.05) is 30.5 Å². The molecule has 1 aromatic rings. The highest BCUT2D eigenvalue weighted by molar-refractivity contribution is 5.95. The minimum Gasteiger partial charge on any atom is -0.340 e. The molecular weight excluding hydrogens is 338 g/mol. The highest BCUT2D eigenvalue weighted by atomic mass is 16.2. The molecule has 1 N–H and O–H groups in total. The van der Waals surface area contributed by atoms with Crippen molar-refractivity contribution < 1.29 is 9.59 Å². The van der Waals surface area contributed by atoms with Gasteiger partial charge in [-0.2, -0.15) is 0 Å². The Morgan fingerprint density at radius 1 is 0.963 bits per heavy atom. The van der Waals surface area contributed by atoms with Gasteiger partial charge in [0.05, 0.1) is 6.04 Å². The van der Waals surface area contributed by atoms with Crippen molar-refractivity contribution in [2.45, 2.75) is 51.5 Å². The van der Waals surface area contributed by atoms with Gasteiger partial charge in [-0.3, -0.25) is 14.5 Å². The second kappa shape index (κ2) is 8.01. The molecule has 1 aliphatic heterocycles. The van der Waals surface area contributed by atoms with Crippen molar-refractivity contribution in [1.82, 2.24) is 9.80 Å². The van der Waals surface area contributed by atoms with E-state index in [1.807, 2.05) is 29.2 Å². The summed E-state index contributed by atoms with van der Waals surface area (Å²) in [6.07, 6.45) is 6.82. The van der Waals surface area contributed by atoms with Crippen LogP contribution >= 0.6 is 0 Å². The van der Waals surface area contributed by atoms with E-state index in [0.717, 1.165) is 57.5 Å². The summed E-state index contributed by atoms with van der Waals surface area (Å²) in [5.74, 6) is 1.16. The first-order chi connectivity index (χ1) is 13.1. The van der Waals surface area contributed by atoms with Crippen LogP contribution in [0.25, 0.3) is 0 Å². The third-order valence-electron chi connectivity index (χ3n) is 6.38. The minimum absolute atomic E-state index is 0.0769. The summed E-state index contributed by atoms with van der Waals surface area (Å²) >= 11 is 0. The van der Waals surface area contributed by atoms with Crippen LogP contribution in [0.15, 0.2) is 24.3 Å². The molecular formula is C22H31N3O2. The van der Waals surface area contributed by atoms with E-state index in [0.29, 0.717) is 11.8 Å². The predicted octanol–water partition coefficient (Wildman–Crippen LogP) is 3.05. The fraction of sp³-hybridized carbons (Fsp3) is 0.636. The van der Waals surface area contributed by atoms with Gasteiger partial charge in [-0.15, -0.1) is 0 Å². The first kappa shape index (κ1) is 18.5. The van der Waals surface area contributed by atoms with E-state index in [-0.39, 0.29) is 17.9 Å². The normalized spacial score (nSPS) is 22.6. The van der Waals surface area contributed by atoms with Gasteiger partial charge in [-0.25, -0.2) is 0 Å². The molecule has 146 valence electrons. The van der Waals surface area contributed by atoms with Crippen molar-refractivity contribution in [2.75, 3.05) is 31.5 Å². The van der Waals surface area contributed by atoms with Crippen LogP contribution in [0, 0.1) is 18.8 Å². The number of carbonyl (C=O) groups excluding carboxylic acids is 2. The smallest absolute Gasteiger partial charge is 0.242 e. The molecule has 2 amide bonds. The molecule has 0 radical (unpaired) electrons. The summed E-state index contributed by atoms with van der Waals surface area (Å²) in [5.41, 5.74) is 2.06. The molecule has 5 heteroatoms. The van der Waals surface area contributed by atoms with Crippen molar-refractivity contribution in [2.24, 2.45) is 11.8 Å². The second-order valence-corrected chi connectivity index (χ2v) is 8.48. The molecule has 1 saturated heterocycles. The van der Waals surface area contributed by atoms with Crippen molar-refractivity contribution in [3.8, 4) is 0 Å². The van der Waals surface area contributed by atoms with Gasteiger partial charge in [0.2, 0.25) is 11.8 Å². The number of nitrogens with one attached hydrogen (secondary N) is 1. The predicted molar refractivity (Wildman–Crippen MR) is 106 cm³/mol. The molecule has 1 unspecified atom stereocenters. The Kier molecular flexibility index (Phi) is 5.48. The molecule has 1 aromatic carbocycles. The monoisotopic (exact) mass is 369 g/mol. The lowest BCUT2D eigenvalue weighted by Crippen LogP contribution is -2.57. The molecule has 0 bridgehead atoms. The molecule has 0 aromatic heterocycles. The van der Waals surface area contributed by atoms with Crippen LogP contribution in [-0.4, -0.2) is 53.8 Å². The number of aryl methyl sites for hydroxylation is 1. The van der Waals surface area contributed by atoms with Crippen LogP contribution in [0.1, 0.15) is 44.1 Å². The topological polar surface area (TPSA) is 52.7 Å². The van der Waals surface area contributed by atoms with Crippen molar-refractivity contribution in [3.63, 3.8) is 0 Å². The summed E-state index contributed by atoms with van der Waals surface area (Å²) in [4.78, 5) is 29.8. The Labute approximate surface area is 162 Å². The number of rotatable bonds is 5. The Hall–Kier alpha value is -1.88. The zero-order valence-corrected chi connectivity index (χ0v) is 16.3. The van der Waals surface area contributed by atoms with Gasteiger partial charge < -0.3 is 10.2 Å². The zero-order chi connectivity index (χ0) is 18.8. The van der Waals surface area contributed by atoms with E-state index >= 15 is 0 Å². The van der Waals surface area contributed by atoms with Crippen LogP contribution in [-0.2, 0) is 9.59 Å². The maximum Gasteiger partial charge on any atom is 0.242 e. The molecule has 4 rings (SSSR count). The highest BCUT2D eigenvalue weighted by Gasteiger charge is 2.39. The number of hydrogen-bond donors (Lipinski definition) is 1. The summed E-state index contributed by atoms with van der Waals surface area (Å²) in [6, 6.07) is 7.94. The van der Waals surface area contributed by atoms with E-state index in [9.17, 15) is 9.59 Å². The van der Waals surface area contributed by atoms with E-state index in [4.69, 9.17) is 0 Å². The fourth-order valence-electron chi connectivity index (χ4n) is 4.61. The van der Waals surface area contributed by atoms with Crippen molar-refractivity contribution in [3.05, 3.63) is 29.8 Å². The number of anilines is 1. The molecule has 1 heterocycles.